The monoisotopic (exact) mass is 256 g/mol. The second-order valence-electron chi connectivity index (χ2n) is 3.54. The van der Waals surface area contributed by atoms with Crippen molar-refractivity contribution in [3.05, 3.63) is 36.0 Å². The molecule has 1 aromatic carbocycles. The van der Waals surface area contributed by atoms with Crippen molar-refractivity contribution in [3.63, 3.8) is 0 Å². The number of aromatic hydroxyl groups is 1. The van der Waals surface area contributed by atoms with Gasteiger partial charge >= 0.3 is 0 Å². The van der Waals surface area contributed by atoms with Crippen molar-refractivity contribution in [3.8, 4) is 17.9 Å². The van der Waals surface area contributed by atoms with E-state index < -0.39 is 5.91 Å². The fraction of sp³-hybridized carbons (Fsp3) is 0.154. The number of carbonyl (C=O) groups is 1. The first kappa shape index (κ1) is 14.1. The normalized spacial score (nSPS) is 10.1. The van der Waals surface area contributed by atoms with Gasteiger partial charge in [0.05, 0.1) is 12.5 Å². The van der Waals surface area contributed by atoms with E-state index in [0.29, 0.717) is 12.2 Å². The maximum atomic E-state index is 11.7. The Hall–Kier alpha value is -2.99. The Bertz CT molecular complexity index is 567. The first-order valence-electron chi connectivity index (χ1n) is 5.48. The minimum Gasteiger partial charge on any atom is -0.508 e. The summed E-state index contributed by atoms with van der Waals surface area (Å²) in [5.41, 5.74) is 0.282. The van der Waals surface area contributed by atoms with Gasteiger partial charge in [-0.15, -0.1) is 0 Å². The average molecular weight is 256 g/mol. The lowest BCUT2D eigenvalue weighted by Crippen LogP contribution is -2.17. The zero-order valence-corrected chi connectivity index (χ0v) is 10.1. The summed E-state index contributed by atoms with van der Waals surface area (Å²) < 4.78 is 0. The van der Waals surface area contributed by atoms with Gasteiger partial charge in [0.1, 0.15) is 17.4 Å². The molecule has 19 heavy (non-hydrogen) atoms. The van der Waals surface area contributed by atoms with Gasteiger partial charge in [0.15, 0.2) is 0 Å². The SMILES string of the molecule is N#CCCN/C=C(/C#N)C(=O)Nc1cccc(O)c1. The number of nitrogens with one attached hydrogen (secondary N) is 2. The molecule has 1 aromatic rings. The van der Waals surface area contributed by atoms with Gasteiger partial charge in [-0.25, -0.2) is 0 Å². The lowest BCUT2D eigenvalue weighted by atomic mass is 10.2. The van der Waals surface area contributed by atoms with Crippen LogP contribution in [-0.4, -0.2) is 17.6 Å². The molecule has 0 radical (unpaired) electrons. The molecule has 1 amide bonds. The second kappa shape index (κ2) is 7.36. The Labute approximate surface area is 110 Å². The summed E-state index contributed by atoms with van der Waals surface area (Å²) in [6.45, 7) is 0.362. The van der Waals surface area contributed by atoms with Crippen molar-refractivity contribution < 1.29 is 9.90 Å². The van der Waals surface area contributed by atoms with Gasteiger partial charge in [0.2, 0.25) is 0 Å². The lowest BCUT2D eigenvalue weighted by molar-refractivity contribution is -0.112. The third-order valence-electron chi connectivity index (χ3n) is 2.10. The van der Waals surface area contributed by atoms with Crippen LogP contribution in [0.1, 0.15) is 6.42 Å². The average Bonchev–Trinajstić information content (AvgIpc) is 2.38. The summed E-state index contributed by atoms with van der Waals surface area (Å²) in [6, 6.07) is 9.70. The third-order valence-corrected chi connectivity index (χ3v) is 2.10. The maximum Gasteiger partial charge on any atom is 0.267 e. The standard InChI is InChI=1S/C13H12N4O2/c14-5-2-6-16-9-10(8-15)13(19)17-11-3-1-4-12(18)7-11/h1,3-4,7,9,16,18H,2,6H2,(H,17,19)/b10-9-. The van der Waals surface area contributed by atoms with Gasteiger partial charge < -0.3 is 15.7 Å². The van der Waals surface area contributed by atoms with E-state index in [1.54, 1.807) is 18.2 Å². The number of anilines is 1. The Balaban J connectivity index is 2.65. The molecule has 0 spiro atoms. The number of carbonyl (C=O) groups excluding carboxylic acids is 1. The highest BCUT2D eigenvalue weighted by atomic mass is 16.3. The number of rotatable bonds is 5. The fourth-order valence-electron chi connectivity index (χ4n) is 1.23. The van der Waals surface area contributed by atoms with Gasteiger partial charge in [-0.3, -0.25) is 4.79 Å². The van der Waals surface area contributed by atoms with Crippen LogP contribution < -0.4 is 10.6 Å². The largest absolute Gasteiger partial charge is 0.508 e. The van der Waals surface area contributed by atoms with E-state index in [1.807, 2.05) is 6.07 Å². The van der Waals surface area contributed by atoms with Gasteiger partial charge in [0.25, 0.3) is 5.91 Å². The second-order valence-corrected chi connectivity index (χ2v) is 3.54. The van der Waals surface area contributed by atoms with E-state index in [9.17, 15) is 9.90 Å². The van der Waals surface area contributed by atoms with Crippen molar-refractivity contribution >= 4 is 11.6 Å². The molecule has 6 nitrogen and oxygen atoms in total. The van der Waals surface area contributed by atoms with Crippen LogP contribution in [0, 0.1) is 22.7 Å². The zero-order chi connectivity index (χ0) is 14.1. The summed E-state index contributed by atoms with van der Waals surface area (Å²) >= 11 is 0. The summed E-state index contributed by atoms with van der Waals surface area (Å²) in [7, 11) is 0. The number of phenols is 1. The maximum absolute atomic E-state index is 11.7. The van der Waals surface area contributed by atoms with Crippen LogP contribution in [0.15, 0.2) is 36.0 Å². The quantitative estimate of drug-likeness (QED) is 0.417. The minimum absolute atomic E-state index is 0.0208. The van der Waals surface area contributed by atoms with Crippen LogP contribution >= 0.6 is 0 Å². The molecule has 6 heteroatoms. The van der Waals surface area contributed by atoms with Crippen molar-refractivity contribution in [1.29, 1.82) is 10.5 Å². The van der Waals surface area contributed by atoms with E-state index >= 15 is 0 Å². The van der Waals surface area contributed by atoms with Crippen molar-refractivity contribution in [1.82, 2.24) is 5.32 Å². The minimum atomic E-state index is -0.586. The molecule has 0 atom stereocenters. The van der Waals surface area contributed by atoms with E-state index in [0.717, 1.165) is 0 Å². The molecule has 0 saturated heterocycles. The Morgan fingerprint density at radius 3 is 2.84 bits per heavy atom. The molecule has 0 aliphatic rings. The molecule has 0 saturated carbocycles. The smallest absolute Gasteiger partial charge is 0.267 e. The van der Waals surface area contributed by atoms with Crippen LogP contribution in [-0.2, 0) is 4.79 Å². The molecule has 0 heterocycles. The number of phenolic OH excluding ortho intramolecular Hbond substituents is 1. The molecule has 0 fully saturated rings. The highest BCUT2D eigenvalue weighted by Crippen LogP contribution is 2.15. The summed E-state index contributed by atoms with van der Waals surface area (Å²) in [5.74, 6) is -0.565. The molecular formula is C13H12N4O2. The van der Waals surface area contributed by atoms with Crippen LogP contribution in [0.2, 0.25) is 0 Å². The fourth-order valence-corrected chi connectivity index (χ4v) is 1.23. The third kappa shape index (κ3) is 4.80. The number of nitriles is 2. The summed E-state index contributed by atoms with van der Waals surface area (Å²) in [5, 5.41) is 31.6. The van der Waals surface area contributed by atoms with E-state index in [4.69, 9.17) is 10.5 Å². The van der Waals surface area contributed by atoms with Crippen molar-refractivity contribution in [2.75, 3.05) is 11.9 Å². The summed E-state index contributed by atoms with van der Waals surface area (Å²) in [4.78, 5) is 11.7. The number of benzene rings is 1. The molecule has 0 bridgehead atoms. The Morgan fingerprint density at radius 2 is 2.21 bits per heavy atom. The van der Waals surface area contributed by atoms with Gasteiger partial charge in [-0.2, -0.15) is 10.5 Å². The van der Waals surface area contributed by atoms with E-state index in [-0.39, 0.29) is 17.7 Å². The summed E-state index contributed by atoms with van der Waals surface area (Å²) in [6.07, 6.45) is 1.54. The highest BCUT2D eigenvalue weighted by Gasteiger charge is 2.09. The first-order chi connectivity index (χ1) is 9.17. The van der Waals surface area contributed by atoms with Crippen LogP contribution in [0.3, 0.4) is 0 Å². The van der Waals surface area contributed by atoms with Gasteiger partial charge in [-0.1, -0.05) is 6.07 Å². The molecule has 0 aromatic heterocycles. The van der Waals surface area contributed by atoms with Crippen LogP contribution in [0.5, 0.6) is 5.75 Å². The van der Waals surface area contributed by atoms with E-state index in [2.05, 4.69) is 10.6 Å². The molecule has 96 valence electrons. The van der Waals surface area contributed by atoms with Crippen LogP contribution in [0.25, 0.3) is 0 Å². The number of nitrogens with zero attached hydrogens (tertiary/aromatic N) is 2. The van der Waals surface area contributed by atoms with Crippen molar-refractivity contribution in [2.24, 2.45) is 0 Å². The van der Waals surface area contributed by atoms with Gasteiger partial charge in [0, 0.05) is 24.5 Å². The molecule has 0 unspecified atom stereocenters. The lowest BCUT2D eigenvalue weighted by Gasteiger charge is -2.04. The Morgan fingerprint density at radius 1 is 1.42 bits per heavy atom. The molecular weight excluding hydrogens is 244 g/mol. The molecule has 0 aliphatic carbocycles. The predicted octanol–water partition coefficient (Wildman–Crippen LogP) is 1.24. The number of amides is 1. The van der Waals surface area contributed by atoms with E-state index in [1.165, 1.54) is 18.3 Å². The van der Waals surface area contributed by atoms with Crippen molar-refractivity contribution in [2.45, 2.75) is 6.42 Å². The molecule has 1 rings (SSSR count). The number of hydrogen-bond acceptors (Lipinski definition) is 5. The first-order valence-corrected chi connectivity index (χ1v) is 5.48. The molecule has 0 aliphatic heterocycles. The topological polar surface area (TPSA) is 109 Å². The Kier molecular flexibility index (Phi) is 5.45. The highest BCUT2D eigenvalue weighted by molar-refractivity contribution is 6.06. The predicted molar refractivity (Wildman–Crippen MR) is 68.7 cm³/mol. The van der Waals surface area contributed by atoms with Gasteiger partial charge in [-0.05, 0) is 12.1 Å². The molecule has 3 N–H and O–H groups in total. The zero-order valence-electron chi connectivity index (χ0n) is 10.1. The van der Waals surface area contributed by atoms with Crippen LogP contribution in [0.4, 0.5) is 5.69 Å². The number of hydrogen-bond donors (Lipinski definition) is 3.